The number of nitrogens with zero attached hydrogens (tertiary/aromatic N) is 4. The fraction of sp³-hybridized carbons (Fsp3) is 0.250. The quantitative estimate of drug-likeness (QED) is 0.309. The molecule has 0 radical (unpaired) electrons. The Morgan fingerprint density at radius 2 is 0.974 bits per heavy atom. The first-order valence-corrected chi connectivity index (χ1v) is 12.8. The molecule has 2 aliphatic heterocycles. The molecule has 0 aliphatic carbocycles. The minimum Gasteiger partial charge on any atom is -0.474 e. The lowest BCUT2D eigenvalue weighted by molar-refractivity contribution is 0.279. The molecule has 0 fully saturated rings. The van der Waals surface area contributed by atoms with E-state index in [1.807, 2.05) is 30.6 Å². The van der Waals surface area contributed by atoms with Crippen LogP contribution in [-0.4, -0.2) is 46.1 Å². The molecule has 190 valence electrons. The highest BCUT2D eigenvalue weighted by atomic mass is 16.5. The summed E-state index contributed by atoms with van der Waals surface area (Å²) in [5.41, 5.74) is 7.53. The Kier molecular flexibility index (Phi) is 5.83. The summed E-state index contributed by atoms with van der Waals surface area (Å²) in [7, 11) is 0. The van der Waals surface area contributed by atoms with E-state index in [4.69, 9.17) is 9.47 Å². The number of aliphatic imine (C=N–C) groups is 2. The number of rotatable bonds is 5. The number of hydrogen-bond donors (Lipinski definition) is 0. The molecular weight excluding hydrogens is 472 g/mol. The van der Waals surface area contributed by atoms with Gasteiger partial charge in [-0.2, -0.15) is 0 Å². The van der Waals surface area contributed by atoms with Gasteiger partial charge in [-0.05, 0) is 80.3 Å². The predicted molar refractivity (Wildman–Crippen MR) is 151 cm³/mol. The van der Waals surface area contributed by atoms with Crippen molar-refractivity contribution in [2.24, 2.45) is 9.98 Å². The molecule has 2 aliphatic rings. The first kappa shape index (κ1) is 24.0. The van der Waals surface area contributed by atoms with Gasteiger partial charge in [-0.3, -0.25) is 9.97 Å². The number of pyridine rings is 2. The topological polar surface area (TPSA) is 69.0 Å². The minimum atomic E-state index is -0.217. The monoisotopic (exact) mass is 502 g/mol. The number of hydrogen-bond acceptors (Lipinski definition) is 6. The van der Waals surface area contributed by atoms with Gasteiger partial charge in [0, 0.05) is 23.5 Å². The van der Waals surface area contributed by atoms with Gasteiger partial charge in [-0.25, -0.2) is 9.98 Å². The normalized spacial score (nSPS) is 17.4. The van der Waals surface area contributed by atoms with Crippen molar-refractivity contribution in [1.29, 1.82) is 0 Å². The molecular formula is C32H30N4O2. The van der Waals surface area contributed by atoms with Crippen LogP contribution in [0.5, 0.6) is 0 Å². The van der Waals surface area contributed by atoms with Gasteiger partial charge in [0.05, 0.1) is 11.1 Å². The molecule has 6 rings (SSSR count). The first-order chi connectivity index (χ1) is 18.2. The van der Waals surface area contributed by atoms with Crippen molar-refractivity contribution in [2.45, 2.75) is 38.8 Å². The number of ether oxygens (including phenoxy) is 2. The van der Waals surface area contributed by atoms with Crippen LogP contribution in [0.15, 0.2) is 95.2 Å². The van der Waals surface area contributed by atoms with Gasteiger partial charge in [-0.1, -0.05) is 42.5 Å². The lowest BCUT2D eigenvalue weighted by Crippen LogP contribution is -2.17. The molecule has 6 heteroatoms. The van der Waals surface area contributed by atoms with Gasteiger partial charge in [0.15, 0.2) is 0 Å². The lowest BCUT2D eigenvalue weighted by atomic mass is 9.94. The largest absolute Gasteiger partial charge is 0.474 e. The standard InChI is InChI=1S/C32H30N4O2/c1-31(2)19-37-29(35-31)27-12-10-22(17-33-27)25-14-24(21-8-6-5-7-9-21)15-26(16-25)23-11-13-28(34-18-23)30-36-32(3,4)20-38-30/h5-18H,19-20H2,1-4H3. The van der Waals surface area contributed by atoms with E-state index in [1.165, 1.54) is 0 Å². The molecule has 0 atom stereocenters. The van der Waals surface area contributed by atoms with Crippen LogP contribution in [-0.2, 0) is 9.47 Å². The summed E-state index contributed by atoms with van der Waals surface area (Å²) < 4.78 is 11.5. The molecule has 38 heavy (non-hydrogen) atoms. The van der Waals surface area contributed by atoms with Crippen LogP contribution >= 0.6 is 0 Å². The van der Waals surface area contributed by atoms with Gasteiger partial charge in [0.2, 0.25) is 11.8 Å². The zero-order valence-electron chi connectivity index (χ0n) is 22.1. The molecule has 0 spiro atoms. The van der Waals surface area contributed by atoms with Gasteiger partial charge >= 0.3 is 0 Å². The zero-order valence-corrected chi connectivity index (χ0v) is 22.1. The maximum absolute atomic E-state index is 5.77. The van der Waals surface area contributed by atoms with Crippen molar-refractivity contribution in [3.05, 3.63) is 96.6 Å². The highest BCUT2D eigenvalue weighted by Crippen LogP contribution is 2.33. The van der Waals surface area contributed by atoms with Crippen molar-refractivity contribution in [1.82, 2.24) is 9.97 Å². The van der Waals surface area contributed by atoms with E-state index in [2.05, 4.69) is 102 Å². The van der Waals surface area contributed by atoms with Crippen LogP contribution in [0.4, 0.5) is 0 Å². The van der Waals surface area contributed by atoms with Crippen LogP contribution in [0.2, 0.25) is 0 Å². The molecule has 0 saturated carbocycles. The van der Waals surface area contributed by atoms with E-state index in [9.17, 15) is 0 Å². The second-order valence-electron chi connectivity index (χ2n) is 11.1. The van der Waals surface area contributed by atoms with E-state index in [0.717, 1.165) is 44.8 Å². The SMILES string of the molecule is CC1(C)COC(c2ccc(-c3cc(-c4ccccc4)cc(-c4ccc(C5=NC(C)(C)CO5)nc4)c3)cn2)=N1. The smallest absolute Gasteiger partial charge is 0.236 e. The van der Waals surface area contributed by atoms with Crippen molar-refractivity contribution >= 4 is 11.8 Å². The fourth-order valence-corrected chi connectivity index (χ4v) is 4.57. The zero-order chi connectivity index (χ0) is 26.3. The third-order valence-electron chi connectivity index (χ3n) is 6.60. The summed E-state index contributed by atoms with van der Waals surface area (Å²) >= 11 is 0. The summed E-state index contributed by atoms with van der Waals surface area (Å²) in [6.45, 7) is 9.36. The maximum atomic E-state index is 5.77. The summed E-state index contributed by atoms with van der Waals surface area (Å²) in [5, 5.41) is 0. The van der Waals surface area contributed by atoms with Crippen LogP contribution in [0, 0.1) is 0 Å². The molecule has 0 unspecified atom stereocenters. The van der Waals surface area contributed by atoms with E-state index < -0.39 is 0 Å². The summed E-state index contributed by atoms with van der Waals surface area (Å²) in [6, 6.07) is 25.1. The van der Waals surface area contributed by atoms with Crippen LogP contribution in [0.1, 0.15) is 39.1 Å². The minimum absolute atomic E-state index is 0.217. The van der Waals surface area contributed by atoms with Gasteiger partial charge in [-0.15, -0.1) is 0 Å². The highest BCUT2D eigenvalue weighted by molar-refractivity contribution is 5.95. The molecule has 2 aromatic carbocycles. The molecule has 2 aromatic heterocycles. The Morgan fingerprint density at radius 1 is 0.526 bits per heavy atom. The van der Waals surface area contributed by atoms with Crippen LogP contribution in [0.25, 0.3) is 33.4 Å². The Morgan fingerprint density at radius 3 is 1.34 bits per heavy atom. The van der Waals surface area contributed by atoms with Gasteiger partial charge < -0.3 is 9.47 Å². The summed E-state index contributed by atoms with van der Waals surface area (Å²) in [6.07, 6.45) is 3.78. The predicted octanol–water partition coefficient (Wildman–Crippen LogP) is 6.59. The Bertz CT molecular complexity index is 1440. The van der Waals surface area contributed by atoms with E-state index in [0.29, 0.717) is 25.0 Å². The Balaban J connectivity index is 1.37. The average Bonchev–Trinajstić information content (AvgIpc) is 3.49. The molecule has 0 saturated heterocycles. The molecule has 0 bridgehead atoms. The second kappa shape index (κ2) is 9.21. The first-order valence-electron chi connectivity index (χ1n) is 12.8. The van der Waals surface area contributed by atoms with Crippen LogP contribution < -0.4 is 0 Å². The van der Waals surface area contributed by atoms with Crippen molar-refractivity contribution < 1.29 is 9.47 Å². The van der Waals surface area contributed by atoms with Crippen LogP contribution in [0.3, 0.4) is 0 Å². The summed E-state index contributed by atoms with van der Waals surface area (Å²) in [5.74, 6) is 1.20. The molecule has 0 amide bonds. The highest BCUT2D eigenvalue weighted by Gasteiger charge is 2.28. The Labute approximate surface area is 223 Å². The van der Waals surface area contributed by atoms with Crippen molar-refractivity contribution in [3.8, 4) is 33.4 Å². The average molecular weight is 503 g/mol. The van der Waals surface area contributed by atoms with E-state index in [-0.39, 0.29) is 11.1 Å². The van der Waals surface area contributed by atoms with E-state index in [1.54, 1.807) is 0 Å². The van der Waals surface area contributed by atoms with Crippen molar-refractivity contribution in [3.63, 3.8) is 0 Å². The van der Waals surface area contributed by atoms with E-state index >= 15 is 0 Å². The van der Waals surface area contributed by atoms with Gasteiger partial charge in [0.25, 0.3) is 0 Å². The lowest BCUT2D eigenvalue weighted by Gasteiger charge is -2.12. The Hall–Kier alpha value is -4.32. The second-order valence-corrected chi connectivity index (χ2v) is 11.1. The third-order valence-corrected chi connectivity index (χ3v) is 6.60. The molecule has 6 nitrogen and oxygen atoms in total. The summed E-state index contributed by atoms with van der Waals surface area (Å²) in [4.78, 5) is 18.7. The fourth-order valence-electron chi connectivity index (χ4n) is 4.57. The number of aromatic nitrogens is 2. The van der Waals surface area contributed by atoms with Gasteiger partial charge in [0.1, 0.15) is 24.6 Å². The number of benzene rings is 2. The molecule has 4 aromatic rings. The molecule has 0 N–H and O–H groups in total. The third kappa shape index (κ3) is 4.94. The molecule has 4 heterocycles. The van der Waals surface area contributed by atoms with Crippen molar-refractivity contribution in [2.75, 3.05) is 13.2 Å². The maximum Gasteiger partial charge on any atom is 0.236 e.